The number of nitrogens with zero attached hydrogens (tertiary/aromatic N) is 1. The van der Waals surface area contributed by atoms with Gasteiger partial charge in [-0.05, 0) is 43.5 Å². The van der Waals surface area contributed by atoms with Gasteiger partial charge in [0, 0.05) is 30.4 Å². The zero-order valence-electron chi connectivity index (χ0n) is 19.4. The number of carbonyl (C=O) groups is 1. The predicted octanol–water partition coefficient (Wildman–Crippen LogP) is 4.83. The predicted molar refractivity (Wildman–Crippen MR) is 129 cm³/mol. The van der Waals surface area contributed by atoms with E-state index in [-0.39, 0.29) is 23.1 Å². The van der Waals surface area contributed by atoms with Gasteiger partial charge in [0.2, 0.25) is 0 Å². The Morgan fingerprint density at radius 3 is 2.67 bits per heavy atom. The first-order chi connectivity index (χ1) is 15.7. The van der Waals surface area contributed by atoms with Gasteiger partial charge in [0.15, 0.2) is 11.3 Å². The zero-order chi connectivity index (χ0) is 23.7. The van der Waals surface area contributed by atoms with E-state index in [1.165, 1.54) is 0 Å². The molecule has 1 aliphatic rings. The molecule has 174 valence electrons. The molecule has 7 nitrogen and oxygen atoms in total. The molecule has 7 heteroatoms. The van der Waals surface area contributed by atoms with E-state index in [1.807, 2.05) is 26.0 Å². The van der Waals surface area contributed by atoms with Gasteiger partial charge in [-0.2, -0.15) is 0 Å². The lowest BCUT2D eigenvalue weighted by Gasteiger charge is -2.35. The highest BCUT2D eigenvalue weighted by molar-refractivity contribution is 5.94. The summed E-state index contributed by atoms with van der Waals surface area (Å²) in [6, 6.07) is 11.9. The Balaban J connectivity index is 1.75. The van der Waals surface area contributed by atoms with Crippen molar-refractivity contribution >= 4 is 28.5 Å². The number of carboxylic acid groups (broad SMARTS) is 1. The van der Waals surface area contributed by atoms with Crippen LogP contribution in [0.2, 0.25) is 0 Å². The summed E-state index contributed by atoms with van der Waals surface area (Å²) in [5.74, 6) is -0.110. The van der Waals surface area contributed by atoms with E-state index < -0.39 is 5.97 Å². The van der Waals surface area contributed by atoms with Gasteiger partial charge < -0.3 is 24.5 Å². The average molecular weight is 451 g/mol. The van der Waals surface area contributed by atoms with E-state index >= 15 is 0 Å². The minimum Gasteiger partial charge on any atom is -0.478 e. The van der Waals surface area contributed by atoms with Gasteiger partial charge >= 0.3 is 5.97 Å². The van der Waals surface area contributed by atoms with Crippen LogP contribution in [0, 0.1) is 12.8 Å². The molecule has 0 aliphatic carbocycles. The average Bonchev–Trinajstić information content (AvgIpc) is 2.79. The van der Waals surface area contributed by atoms with Crippen LogP contribution in [0.1, 0.15) is 48.3 Å². The highest BCUT2D eigenvalue weighted by Gasteiger charge is 2.26. The number of aryl methyl sites for hydroxylation is 1. The van der Waals surface area contributed by atoms with E-state index in [9.17, 15) is 14.7 Å². The van der Waals surface area contributed by atoms with E-state index in [4.69, 9.17) is 9.15 Å². The van der Waals surface area contributed by atoms with Gasteiger partial charge in [-0.1, -0.05) is 32.0 Å². The van der Waals surface area contributed by atoms with Gasteiger partial charge in [-0.15, -0.1) is 0 Å². The number of anilines is 2. The Morgan fingerprint density at radius 2 is 1.94 bits per heavy atom. The van der Waals surface area contributed by atoms with Crippen LogP contribution in [0.4, 0.5) is 11.6 Å². The molecule has 1 saturated heterocycles. The fourth-order valence-corrected chi connectivity index (χ4v) is 4.28. The molecule has 1 aromatic heterocycles. The molecule has 1 aliphatic heterocycles. The first-order valence-electron chi connectivity index (χ1n) is 11.3. The molecule has 0 spiro atoms. The number of nitrogens with one attached hydrogen (secondary N) is 1. The first-order valence-corrected chi connectivity index (χ1v) is 11.3. The van der Waals surface area contributed by atoms with Crippen LogP contribution in [0.3, 0.4) is 0 Å². The SMILES string of the molecule is Cc1cc(C(C)Nc2ccccc2C(=O)O)c2oc(N3CCOC(C(C)C)C3)cc(=O)c2c1. The molecule has 0 saturated carbocycles. The molecule has 2 aromatic carbocycles. The fraction of sp³-hybridized carbons (Fsp3) is 0.385. The number of carboxylic acids is 1. The molecule has 0 radical (unpaired) electrons. The maximum absolute atomic E-state index is 13.1. The largest absolute Gasteiger partial charge is 0.478 e. The van der Waals surface area contributed by atoms with Crippen LogP contribution < -0.4 is 15.6 Å². The van der Waals surface area contributed by atoms with Crippen molar-refractivity contribution in [2.75, 3.05) is 29.9 Å². The third kappa shape index (κ3) is 4.73. The number of ether oxygens (including phenoxy) is 1. The van der Waals surface area contributed by atoms with Crippen LogP contribution >= 0.6 is 0 Å². The van der Waals surface area contributed by atoms with Crippen molar-refractivity contribution in [1.82, 2.24) is 0 Å². The third-order valence-corrected chi connectivity index (χ3v) is 6.13. The van der Waals surface area contributed by atoms with Crippen LogP contribution in [0.5, 0.6) is 0 Å². The summed E-state index contributed by atoms with van der Waals surface area (Å²) >= 11 is 0. The summed E-state index contributed by atoms with van der Waals surface area (Å²) in [6.07, 6.45) is 0.0744. The summed E-state index contributed by atoms with van der Waals surface area (Å²) in [7, 11) is 0. The third-order valence-electron chi connectivity index (χ3n) is 6.13. The molecule has 2 unspecified atom stereocenters. The summed E-state index contributed by atoms with van der Waals surface area (Å²) in [4.78, 5) is 26.8. The summed E-state index contributed by atoms with van der Waals surface area (Å²) < 4.78 is 12.2. The number of hydrogen-bond acceptors (Lipinski definition) is 6. The van der Waals surface area contributed by atoms with Crippen molar-refractivity contribution in [2.45, 2.75) is 39.8 Å². The molecule has 0 bridgehead atoms. The van der Waals surface area contributed by atoms with Crippen molar-refractivity contribution in [1.29, 1.82) is 0 Å². The van der Waals surface area contributed by atoms with E-state index in [0.29, 0.717) is 48.2 Å². The number of fused-ring (bicyclic) bond motifs is 1. The molecule has 33 heavy (non-hydrogen) atoms. The molecular weight excluding hydrogens is 420 g/mol. The maximum atomic E-state index is 13.1. The minimum absolute atomic E-state index is 0.0744. The van der Waals surface area contributed by atoms with Gasteiger partial charge in [0.25, 0.3) is 0 Å². The minimum atomic E-state index is -1.000. The van der Waals surface area contributed by atoms with Gasteiger partial charge in [0.1, 0.15) is 5.58 Å². The highest BCUT2D eigenvalue weighted by Crippen LogP contribution is 2.31. The number of hydrogen-bond donors (Lipinski definition) is 2. The van der Waals surface area contributed by atoms with Crippen molar-refractivity contribution in [3.05, 3.63) is 69.4 Å². The van der Waals surface area contributed by atoms with Crippen LogP contribution in [0.25, 0.3) is 11.0 Å². The number of morpholine rings is 1. The van der Waals surface area contributed by atoms with Gasteiger partial charge in [-0.3, -0.25) is 4.79 Å². The Kier molecular flexibility index (Phi) is 6.42. The van der Waals surface area contributed by atoms with Crippen molar-refractivity contribution in [3.63, 3.8) is 0 Å². The standard InChI is InChI=1S/C26H30N2O5/c1-15(2)23-14-28(9-10-32-23)24-13-22(29)20-12-16(3)11-19(25(20)33-24)17(4)27-21-8-6-5-7-18(21)26(30)31/h5-8,11-13,15,17,23,27H,9-10,14H2,1-4H3,(H,30,31). The summed E-state index contributed by atoms with van der Waals surface area (Å²) in [6.45, 7) is 10.00. The molecule has 4 rings (SSSR count). The molecule has 2 atom stereocenters. The molecule has 3 aromatic rings. The monoisotopic (exact) mass is 450 g/mol. The van der Waals surface area contributed by atoms with E-state index in [1.54, 1.807) is 30.3 Å². The van der Waals surface area contributed by atoms with Gasteiger partial charge in [0.05, 0.1) is 29.7 Å². The topological polar surface area (TPSA) is 92.0 Å². The number of aromatic carboxylic acids is 1. The molecular formula is C26H30N2O5. The highest BCUT2D eigenvalue weighted by atomic mass is 16.5. The number of benzene rings is 2. The second-order valence-electron chi connectivity index (χ2n) is 9.00. The Labute approximate surface area is 193 Å². The Morgan fingerprint density at radius 1 is 1.18 bits per heavy atom. The van der Waals surface area contributed by atoms with Crippen LogP contribution in [-0.2, 0) is 4.74 Å². The van der Waals surface area contributed by atoms with E-state index in [0.717, 1.165) is 11.1 Å². The lowest BCUT2D eigenvalue weighted by Crippen LogP contribution is -2.45. The maximum Gasteiger partial charge on any atom is 0.337 e. The van der Waals surface area contributed by atoms with Crippen molar-refractivity contribution in [3.8, 4) is 0 Å². The molecule has 2 N–H and O–H groups in total. The smallest absolute Gasteiger partial charge is 0.337 e. The molecule has 2 heterocycles. The Hall–Kier alpha value is -3.32. The zero-order valence-corrected chi connectivity index (χ0v) is 19.4. The first kappa shape index (κ1) is 22.9. The quantitative estimate of drug-likeness (QED) is 0.555. The normalized spacial score (nSPS) is 17.4. The van der Waals surface area contributed by atoms with Crippen LogP contribution in [0.15, 0.2) is 51.7 Å². The van der Waals surface area contributed by atoms with E-state index in [2.05, 4.69) is 24.1 Å². The van der Waals surface area contributed by atoms with Crippen LogP contribution in [-0.4, -0.2) is 36.9 Å². The number of para-hydroxylation sites is 1. The lowest BCUT2D eigenvalue weighted by atomic mass is 10.0. The number of rotatable bonds is 6. The molecule has 1 fully saturated rings. The summed E-state index contributed by atoms with van der Waals surface area (Å²) in [5, 5.41) is 13.3. The fourth-order valence-electron chi connectivity index (χ4n) is 4.28. The molecule has 0 amide bonds. The van der Waals surface area contributed by atoms with Crippen molar-refractivity contribution < 1.29 is 19.1 Å². The Bertz CT molecular complexity index is 1230. The summed E-state index contributed by atoms with van der Waals surface area (Å²) in [5.41, 5.74) is 2.86. The van der Waals surface area contributed by atoms with Crippen molar-refractivity contribution in [2.24, 2.45) is 5.92 Å². The lowest BCUT2D eigenvalue weighted by molar-refractivity contribution is 0.0102. The van der Waals surface area contributed by atoms with Gasteiger partial charge in [-0.25, -0.2) is 4.79 Å². The second-order valence-corrected chi connectivity index (χ2v) is 9.00. The second kappa shape index (κ2) is 9.27.